The minimum absolute atomic E-state index is 0.0409. The van der Waals surface area contributed by atoms with Crippen molar-refractivity contribution in [2.45, 2.75) is 50.6 Å². The summed E-state index contributed by atoms with van der Waals surface area (Å²) in [5.74, 6) is -0.751. The molecule has 29 heavy (non-hydrogen) atoms. The molecule has 154 valence electrons. The number of carbonyl (C=O) groups is 1. The third-order valence-corrected chi connectivity index (χ3v) is 7.11. The Morgan fingerprint density at radius 1 is 1.31 bits per heavy atom. The van der Waals surface area contributed by atoms with Crippen LogP contribution in [-0.2, 0) is 0 Å². The summed E-state index contributed by atoms with van der Waals surface area (Å²) in [6, 6.07) is 4.00. The maximum atomic E-state index is 12.9. The van der Waals surface area contributed by atoms with Gasteiger partial charge in [0, 0.05) is 41.9 Å². The standard InChI is InChI=1S/C22H26FN3O3/c1-13-18(25-9-6-14(10-25)22(7-8-22)24-12-23)5-4-16-19(13)26(15-2-3-15)11-17(20(16)27)21(28)29/h4-5,11,14-15,24H,2-3,6-10,12H2,1H3,(H,28,29)/t14-/m1/s1. The first-order valence-electron chi connectivity index (χ1n) is 10.4. The third-order valence-electron chi connectivity index (χ3n) is 7.11. The van der Waals surface area contributed by atoms with Crippen LogP contribution in [0.15, 0.2) is 23.1 Å². The summed E-state index contributed by atoms with van der Waals surface area (Å²) >= 11 is 0. The van der Waals surface area contributed by atoms with E-state index < -0.39 is 18.2 Å². The van der Waals surface area contributed by atoms with Crippen molar-refractivity contribution < 1.29 is 14.3 Å². The SMILES string of the molecule is Cc1c(N2CC[C@@H](C3(NCF)CC3)C2)ccc2c(=O)c(C(=O)O)cn(C3CC3)c12. The monoisotopic (exact) mass is 399 g/mol. The maximum Gasteiger partial charge on any atom is 0.341 e. The van der Waals surface area contributed by atoms with E-state index in [-0.39, 0.29) is 17.1 Å². The van der Waals surface area contributed by atoms with Gasteiger partial charge in [-0.05, 0) is 62.6 Å². The zero-order valence-electron chi connectivity index (χ0n) is 16.6. The van der Waals surface area contributed by atoms with Crippen molar-refractivity contribution in [1.82, 2.24) is 9.88 Å². The molecule has 2 aromatic rings. The van der Waals surface area contributed by atoms with Crippen LogP contribution in [0.3, 0.4) is 0 Å². The lowest BCUT2D eigenvalue weighted by Crippen LogP contribution is -2.39. The molecular formula is C22H26FN3O3. The molecule has 0 amide bonds. The van der Waals surface area contributed by atoms with Crippen molar-refractivity contribution >= 4 is 22.6 Å². The van der Waals surface area contributed by atoms with E-state index in [1.807, 2.05) is 17.6 Å². The Hall–Kier alpha value is -2.41. The van der Waals surface area contributed by atoms with Crippen molar-refractivity contribution in [2.75, 3.05) is 24.8 Å². The van der Waals surface area contributed by atoms with Gasteiger partial charge in [-0.1, -0.05) is 0 Å². The van der Waals surface area contributed by atoms with Gasteiger partial charge in [0.1, 0.15) is 12.4 Å². The molecule has 0 unspecified atom stereocenters. The molecule has 5 rings (SSSR count). The number of nitrogens with zero attached hydrogens (tertiary/aromatic N) is 2. The minimum Gasteiger partial charge on any atom is -0.477 e. The highest BCUT2D eigenvalue weighted by Gasteiger charge is 2.51. The van der Waals surface area contributed by atoms with Crippen LogP contribution in [0.4, 0.5) is 10.1 Å². The summed E-state index contributed by atoms with van der Waals surface area (Å²) in [4.78, 5) is 26.7. The van der Waals surface area contributed by atoms with E-state index in [4.69, 9.17) is 0 Å². The number of nitrogens with one attached hydrogen (secondary N) is 1. The summed E-state index contributed by atoms with van der Waals surface area (Å²) in [7, 11) is 0. The summed E-state index contributed by atoms with van der Waals surface area (Å²) < 4.78 is 14.9. The number of aryl methyl sites for hydroxylation is 1. The summed E-state index contributed by atoms with van der Waals surface area (Å²) in [5.41, 5.74) is 2.35. The first-order chi connectivity index (χ1) is 13.9. The third kappa shape index (κ3) is 2.94. The number of hydrogen-bond donors (Lipinski definition) is 2. The van der Waals surface area contributed by atoms with Crippen LogP contribution in [0.1, 0.15) is 54.1 Å². The van der Waals surface area contributed by atoms with E-state index in [0.717, 1.165) is 62.0 Å². The Kier molecular flexibility index (Phi) is 4.21. The largest absolute Gasteiger partial charge is 0.477 e. The fraction of sp³-hybridized carbons (Fsp3) is 0.545. The van der Waals surface area contributed by atoms with Crippen LogP contribution in [0.25, 0.3) is 10.9 Å². The topological polar surface area (TPSA) is 74.6 Å². The Morgan fingerprint density at radius 2 is 2.07 bits per heavy atom. The Morgan fingerprint density at radius 3 is 2.69 bits per heavy atom. The van der Waals surface area contributed by atoms with Gasteiger partial charge in [-0.2, -0.15) is 0 Å². The van der Waals surface area contributed by atoms with E-state index >= 15 is 0 Å². The molecule has 0 spiro atoms. The summed E-state index contributed by atoms with van der Waals surface area (Å²) in [6.07, 6.45) is 6.63. The van der Waals surface area contributed by atoms with Gasteiger partial charge >= 0.3 is 5.97 Å². The number of carboxylic acid groups (broad SMARTS) is 1. The number of rotatable bonds is 6. The van der Waals surface area contributed by atoms with Gasteiger partial charge < -0.3 is 14.6 Å². The molecule has 1 aromatic heterocycles. The molecule has 6 nitrogen and oxygen atoms in total. The van der Waals surface area contributed by atoms with Gasteiger partial charge in [0.15, 0.2) is 0 Å². The van der Waals surface area contributed by atoms with Gasteiger partial charge in [-0.3, -0.25) is 10.1 Å². The molecule has 2 heterocycles. The Labute approximate surface area is 168 Å². The highest BCUT2D eigenvalue weighted by atomic mass is 19.1. The molecule has 2 N–H and O–H groups in total. The number of pyridine rings is 1. The minimum atomic E-state index is -1.18. The molecule has 7 heteroatoms. The summed E-state index contributed by atoms with van der Waals surface area (Å²) in [5, 5.41) is 13.0. The lowest BCUT2D eigenvalue weighted by atomic mass is 9.96. The van der Waals surface area contributed by atoms with Crippen LogP contribution in [0.5, 0.6) is 0 Å². The van der Waals surface area contributed by atoms with E-state index in [0.29, 0.717) is 11.3 Å². The molecule has 2 aliphatic carbocycles. The Balaban J connectivity index is 1.56. The molecule has 3 fully saturated rings. The van der Waals surface area contributed by atoms with Crippen molar-refractivity contribution in [3.8, 4) is 0 Å². The van der Waals surface area contributed by atoms with Gasteiger partial charge in [-0.15, -0.1) is 0 Å². The van der Waals surface area contributed by atoms with Crippen LogP contribution < -0.4 is 15.6 Å². The number of halogens is 1. The smallest absolute Gasteiger partial charge is 0.341 e. The fourth-order valence-electron chi connectivity index (χ4n) is 5.18. The average Bonchev–Trinajstić information content (AvgIpc) is 3.62. The van der Waals surface area contributed by atoms with Crippen molar-refractivity contribution in [2.24, 2.45) is 5.92 Å². The first kappa shape index (κ1) is 18.6. The van der Waals surface area contributed by atoms with Crippen LogP contribution >= 0.6 is 0 Å². The predicted octanol–water partition coefficient (Wildman–Crippen LogP) is 3.22. The lowest BCUT2D eigenvalue weighted by molar-refractivity contribution is 0.0695. The number of aromatic nitrogens is 1. The normalized spacial score (nSPS) is 23.0. The van der Waals surface area contributed by atoms with Gasteiger partial charge in [-0.25, -0.2) is 9.18 Å². The number of anilines is 1. The molecule has 2 saturated carbocycles. The van der Waals surface area contributed by atoms with Crippen LogP contribution in [0, 0.1) is 12.8 Å². The van der Waals surface area contributed by atoms with Crippen LogP contribution in [0.2, 0.25) is 0 Å². The van der Waals surface area contributed by atoms with Gasteiger partial charge in [0.25, 0.3) is 0 Å². The molecular weight excluding hydrogens is 373 g/mol. The fourth-order valence-corrected chi connectivity index (χ4v) is 5.18. The zero-order chi connectivity index (χ0) is 20.3. The lowest BCUT2D eigenvalue weighted by Gasteiger charge is -2.26. The van der Waals surface area contributed by atoms with E-state index in [2.05, 4.69) is 10.2 Å². The second-order valence-corrected chi connectivity index (χ2v) is 8.82. The van der Waals surface area contributed by atoms with E-state index in [1.54, 1.807) is 6.07 Å². The molecule has 1 aromatic carbocycles. The van der Waals surface area contributed by atoms with Crippen molar-refractivity contribution in [3.05, 3.63) is 39.7 Å². The second kappa shape index (κ2) is 6.55. The quantitative estimate of drug-likeness (QED) is 0.730. The predicted molar refractivity (Wildman–Crippen MR) is 110 cm³/mol. The molecule has 3 aliphatic rings. The molecule has 1 atom stereocenters. The van der Waals surface area contributed by atoms with Gasteiger partial charge in [0.05, 0.1) is 5.52 Å². The van der Waals surface area contributed by atoms with Crippen LogP contribution in [-0.4, -0.2) is 41.1 Å². The van der Waals surface area contributed by atoms with E-state index in [1.165, 1.54) is 6.20 Å². The number of carboxylic acids is 1. The van der Waals surface area contributed by atoms with E-state index in [9.17, 15) is 19.1 Å². The zero-order valence-corrected chi connectivity index (χ0v) is 16.6. The molecule has 0 bridgehead atoms. The molecule has 1 saturated heterocycles. The number of hydrogen-bond acceptors (Lipinski definition) is 4. The van der Waals surface area contributed by atoms with Crippen molar-refractivity contribution in [1.29, 1.82) is 0 Å². The molecule has 0 radical (unpaired) electrons. The summed E-state index contributed by atoms with van der Waals surface area (Å²) in [6.45, 7) is 3.33. The number of aromatic carboxylic acids is 1. The Bertz CT molecular complexity index is 1060. The van der Waals surface area contributed by atoms with Crippen molar-refractivity contribution in [3.63, 3.8) is 0 Å². The number of benzene rings is 1. The highest BCUT2D eigenvalue weighted by Crippen LogP contribution is 2.47. The maximum absolute atomic E-state index is 12.9. The second-order valence-electron chi connectivity index (χ2n) is 8.82. The number of fused-ring (bicyclic) bond motifs is 1. The van der Waals surface area contributed by atoms with Gasteiger partial charge in [0.2, 0.25) is 5.43 Å². The highest BCUT2D eigenvalue weighted by molar-refractivity contribution is 5.95. The number of alkyl halides is 1. The first-order valence-corrected chi connectivity index (χ1v) is 10.4. The average molecular weight is 399 g/mol. The molecule has 1 aliphatic heterocycles.